The van der Waals surface area contributed by atoms with Crippen LogP contribution in [0, 0.1) is 0 Å². The van der Waals surface area contributed by atoms with Gasteiger partial charge in [0.1, 0.15) is 17.9 Å². The van der Waals surface area contributed by atoms with Gasteiger partial charge in [0, 0.05) is 44.3 Å². The molecule has 0 aromatic heterocycles. The number of nitrogens with zero attached hydrogens (tertiary/aromatic N) is 2. The number of rotatable bonds is 4. The Bertz CT molecular complexity index is 882. The molecule has 0 aliphatic carbocycles. The largest absolute Gasteiger partial charge is 0.489 e. The third kappa shape index (κ3) is 4.19. The molecule has 4 aliphatic heterocycles. The number of piperidine rings is 2. The second-order valence-electron chi connectivity index (χ2n) is 8.94. The molecule has 3 fully saturated rings. The molecule has 3 saturated heterocycles. The minimum atomic E-state index is -0.589. The lowest BCUT2D eigenvalue weighted by molar-refractivity contribution is -0.136. The van der Waals surface area contributed by atoms with Crippen LogP contribution in [0.1, 0.15) is 54.4 Å². The van der Waals surface area contributed by atoms with Crippen molar-refractivity contribution in [3.05, 3.63) is 29.3 Å². The lowest BCUT2D eigenvalue weighted by atomic mass is 10.0. The minimum absolute atomic E-state index is 0.137. The molecule has 166 valence electrons. The summed E-state index contributed by atoms with van der Waals surface area (Å²) in [6, 6.07) is 5.59. The highest BCUT2D eigenvalue weighted by Crippen LogP contribution is 2.31. The molecule has 8 nitrogen and oxygen atoms in total. The number of fused-ring (bicyclic) bond motifs is 1. The first-order valence-electron chi connectivity index (χ1n) is 11.3. The van der Waals surface area contributed by atoms with Gasteiger partial charge in [-0.3, -0.25) is 24.6 Å². The fourth-order valence-electron chi connectivity index (χ4n) is 5.26. The smallest absolute Gasteiger partial charge is 0.255 e. The van der Waals surface area contributed by atoms with E-state index in [1.54, 1.807) is 11.0 Å². The van der Waals surface area contributed by atoms with Crippen LogP contribution in [0.4, 0.5) is 0 Å². The molecule has 3 amide bonds. The van der Waals surface area contributed by atoms with Gasteiger partial charge in [0.25, 0.3) is 5.91 Å². The average molecular weight is 428 g/mol. The number of carbonyl (C=O) groups is 3. The molecule has 5 rings (SSSR count). The summed E-state index contributed by atoms with van der Waals surface area (Å²) in [5.74, 6) is -0.0393. The van der Waals surface area contributed by atoms with E-state index in [4.69, 9.17) is 9.47 Å². The molecule has 4 heterocycles. The van der Waals surface area contributed by atoms with E-state index in [0.29, 0.717) is 24.6 Å². The maximum absolute atomic E-state index is 12.8. The normalized spacial score (nSPS) is 27.9. The molecule has 4 aliphatic rings. The zero-order chi connectivity index (χ0) is 21.4. The van der Waals surface area contributed by atoms with Gasteiger partial charge in [-0.05, 0) is 62.4 Å². The summed E-state index contributed by atoms with van der Waals surface area (Å²) in [7, 11) is 0. The summed E-state index contributed by atoms with van der Waals surface area (Å²) >= 11 is 0. The van der Waals surface area contributed by atoms with E-state index in [1.807, 2.05) is 12.1 Å². The zero-order valence-electron chi connectivity index (χ0n) is 17.7. The molecular weight excluding hydrogens is 398 g/mol. The van der Waals surface area contributed by atoms with Crippen molar-refractivity contribution >= 4 is 17.7 Å². The van der Waals surface area contributed by atoms with E-state index in [2.05, 4.69) is 10.2 Å². The summed E-state index contributed by atoms with van der Waals surface area (Å²) in [4.78, 5) is 40.6. The van der Waals surface area contributed by atoms with Crippen LogP contribution in [-0.4, -0.2) is 72.0 Å². The van der Waals surface area contributed by atoms with Crippen LogP contribution in [-0.2, 0) is 20.9 Å². The van der Waals surface area contributed by atoms with E-state index in [0.717, 1.165) is 63.3 Å². The lowest BCUT2D eigenvalue weighted by Crippen LogP contribution is -2.52. The van der Waals surface area contributed by atoms with Crippen molar-refractivity contribution in [2.45, 2.75) is 63.3 Å². The number of carbonyl (C=O) groups excluding carboxylic acids is 3. The van der Waals surface area contributed by atoms with Crippen molar-refractivity contribution in [3.8, 4) is 5.75 Å². The van der Waals surface area contributed by atoms with Crippen molar-refractivity contribution in [3.63, 3.8) is 0 Å². The fraction of sp³-hybridized carbons (Fsp3) is 0.609. The highest BCUT2D eigenvalue weighted by molar-refractivity contribution is 6.05. The van der Waals surface area contributed by atoms with Gasteiger partial charge in [0.2, 0.25) is 11.8 Å². The Labute approximate surface area is 181 Å². The number of nitrogens with one attached hydrogen (secondary N) is 1. The van der Waals surface area contributed by atoms with Crippen LogP contribution in [0.25, 0.3) is 0 Å². The second kappa shape index (κ2) is 8.59. The molecule has 2 atom stereocenters. The number of hydrogen-bond donors (Lipinski definition) is 1. The van der Waals surface area contributed by atoms with Gasteiger partial charge in [0.05, 0.1) is 0 Å². The number of hydrogen-bond acceptors (Lipinski definition) is 6. The number of benzene rings is 1. The maximum Gasteiger partial charge on any atom is 0.255 e. The van der Waals surface area contributed by atoms with Gasteiger partial charge in [-0.1, -0.05) is 0 Å². The van der Waals surface area contributed by atoms with Gasteiger partial charge in [-0.2, -0.15) is 0 Å². The summed E-state index contributed by atoms with van der Waals surface area (Å²) in [6.45, 7) is 4.09. The van der Waals surface area contributed by atoms with Crippen LogP contribution in [0.3, 0.4) is 0 Å². The van der Waals surface area contributed by atoms with Crippen LogP contribution in [0.5, 0.6) is 5.75 Å². The molecule has 2 unspecified atom stereocenters. The quantitative estimate of drug-likeness (QED) is 0.733. The van der Waals surface area contributed by atoms with E-state index < -0.39 is 6.04 Å². The number of likely N-dealkylation sites (tertiary alicyclic amines) is 1. The van der Waals surface area contributed by atoms with Gasteiger partial charge < -0.3 is 14.4 Å². The third-order valence-electron chi connectivity index (χ3n) is 6.91. The van der Waals surface area contributed by atoms with Crippen LogP contribution < -0.4 is 10.1 Å². The highest BCUT2D eigenvalue weighted by Gasteiger charge is 2.39. The average Bonchev–Trinajstić information content (AvgIpc) is 3.10. The Kier molecular flexibility index (Phi) is 5.67. The van der Waals surface area contributed by atoms with Crippen molar-refractivity contribution in [1.29, 1.82) is 0 Å². The Morgan fingerprint density at radius 2 is 1.90 bits per heavy atom. The summed E-state index contributed by atoms with van der Waals surface area (Å²) < 4.78 is 11.8. The van der Waals surface area contributed by atoms with Crippen molar-refractivity contribution in [2.75, 3.05) is 26.3 Å². The van der Waals surface area contributed by atoms with E-state index in [1.165, 1.54) is 0 Å². The molecule has 0 radical (unpaired) electrons. The summed E-state index contributed by atoms with van der Waals surface area (Å²) in [6.07, 6.45) is 5.09. The topological polar surface area (TPSA) is 88.2 Å². The van der Waals surface area contributed by atoms with Gasteiger partial charge in [-0.25, -0.2) is 0 Å². The number of ether oxygens (including phenoxy) is 2. The first kappa shape index (κ1) is 20.5. The maximum atomic E-state index is 12.8. The second-order valence-corrected chi connectivity index (χ2v) is 8.94. The SMILES string of the molecule is O=C1CCC(N2Cc3cc(OC4CCCN(C5CCOCC5)C4)ccc3C2=O)C(=O)N1. The molecule has 31 heavy (non-hydrogen) atoms. The van der Waals surface area contributed by atoms with Crippen LogP contribution in [0.15, 0.2) is 18.2 Å². The van der Waals surface area contributed by atoms with Crippen molar-refractivity contribution in [2.24, 2.45) is 0 Å². The van der Waals surface area contributed by atoms with Crippen LogP contribution >= 0.6 is 0 Å². The van der Waals surface area contributed by atoms with E-state index in [9.17, 15) is 14.4 Å². The fourth-order valence-corrected chi connectivity index (χ4v) is 5.26. The molecular formula is C23H29N3O5. The van der Waals surface area contributed by atoms with Gasteiger partial charge in [-0.15, -0.1) is 0 Å². The number of imide groups is 1. The third-order valence-corrected chi connectivity index (χ3v) is 6.91. The lowest BCUT2D eigenvalue weighted by Gasteiger charge is -2.39. The Hall–Kier alpha value is -2.45. The predicted molar refractivity (Wildman–Crippen MR) is 112 cm³/mol. The Morgan fingerprint density at radius 3 is 2.71 bits per heavy atom. The molecule has 1 aromatic carbocycles. The first-order valence-corrected chi connectivity index (χ1v) is 11.3. The molecule has 0 spiro atoms. The minimum Gasteiger partial charge on any atom is -0.489 e. The highest BCUT2D eigenvalue weighted by atomic mass is 16.5. The van der Waals surface area contributed by atoms with Gasteiger partial charge >= 0.3 is 0 Å². The molecule has 1 N–H and O–H groups in total. The summed E-state index contributed by atoms with van der Waals surface area (Å²) in [5.41, 5.74) is 1.49. The van der Waals surface area contributed by atoms with Crippen molar-refractivity contribution in [1.82, 2.24) is 15.1 Å². The van der Waals surface area contributed by atoms with E-state index >= 15 is 0 Å². The standard InChI is InChI=1S/C23H29N3O5/c27-21-6-5-20(22(28)24-21)26-13-15-12-17(3-4-19(15)23(26)29)31-18-2-1-9-25(14-18)16-7-10-30-11-8-16/h3-4,12,16,18,20H,1-2,5-11,13-14H2,(H,24,27,28). The summed E-state index contributed by atoms with van der Waals surface area (Å²) in [5, 5.41) is 2.34. The Balaban J connectivity index is 1.24. The molecule has 0 saturated carbocycles. The van der Waals surface area contributed by atoms with E-state index in [-0.39, 0.29) is 30.2 Å². The monoisotopic (exact) mass is 427 g/mol. The molecule has 1 aromatic rings. The predicted octanol–water partition coefficient (Wildman–Crippen LogP) is 1.47. The van der Waals surface area contributed by atoms with Crippen molar-refractivity contribution < 1.29 is 23.9 Å². The first-order chi connectivity index (χ1) is 15.1. The zero-order valence-corrected chi connectivity index (χ0v) is 17.7. The van der Waals surface area contributed by atoms with Crippen LogP contribution in [0.2, 0.25) is 0 Å². The molecule has 8 heteroatoms. The van der Waals surface area contributed by atoms with Gasteiger partial charge in [0.15, 0.2) is 0 Å². The Morgan fingerprint density at radius 1 is 1.06 bits per heavy atom. The molecule has 0 bridgehead atoms. The number of amides is 3.